The number of nitrogens with zero attached hydrogens (tertiary/aromatic N) is 3. The first kappa shape index (κ1) is 20.8. The highest BCUT2D eigenvalue weighted by molar-refractivity contribution is 7.99. The number of amides is 1. The molecule has 0 aliphatic heterocycles. The van der Waals surface area contributed by atoms with E-state index in [2.05, 4.69) is 46.7 Å². The molecule has 1 N–H and O–H groups in total. The second-order valence-electron chi connectivity index (χ2n) is 6.14. The van der Waals surface area contributed by atoms with Crippen LogP contribution in [0.5, 0.6) is 0 Å². The van der Waals surface area contributed by atoms with E-state index in [0.29, 0.717) is 22.5 Å². The van der Waals surface area contributed by atoms with Crippen LogP contribution in [0.4, 0.5) is 0 Å². The van der Waals surface area contributed by atoms with Crippen molar-refractivity contribution >= 4 is 41.0 Å². The number of aryl methyl sites for hydroxylation is 1. The van der Waals surface area contributed by atoms with Crippen LogP contribution in [-0.4, -0.2) is 38.7 Å². The van der Waals surface area contributed by atoms with E-state index >= 15 is 0 Å². The normalized spacial score (nSPS) is 10.8. The molecule has 1 amide bonds. The fourth-order valence-corrected chi connectivity index (χ4v) is 4.21. The third-order valence-corrected chi connectivity index (χ3v) is 6.10. The van der Waals surface area contributed by atoms with Gasteiger partial charge in [-0.2, -0.15) is 11.8 Å². The van der Waals surface area contributed by atoms with Gasteiger partial charge in [0, 0.05) is 23.1 Å². The Morgan fingerprint density at radius 3 is 2.82 bits per heavy atom. The molecular weight excluding hydrogens is 412 g/mol. The molecule has 0 aliphatic rings. The molecule has 2 aromatic carbocycles. The molecule has 1 heterocycles. The third-order valence-electron chi connectivity index (χ3n) is 3.89. The van der Waals surface area contributed by atoms with Crippen molar-refractivity contribution < 1.29 is 4.79 Å². The lowest BCUT2D eigenvalue weighted by Gasteiger charge is -2.07. The molecule has 0 aliphatic carbocycles. The number of nitrogens with one attached hydrogen (secondary N) is 1. The Balaban J connectivity index is 1.38. The summed E-state index contributed by atoms with van der Waals surface area (Å²) in [6, 6.07) is 16.0. The van der Waals surface area contributed by atoms with E-state index in [1.165, 1.54) is 22.9 Å². The Hall–Kier alpha value is -1.96. The van der Waals surface area contributed by atoms with Crippen LogP contribution in [0.3, 0.4) is 0 Å². The van der Waals surface area contributed by atoms with Crippen LogP contribution in [0.1, 0.15) is 11.1 Å². The summed E-state index contributed by atoms with van der Waals surface area (Å²) < 4.78 is 1.82. The molecule has 0 bridgehead atoms. The first-order valence-electron chi connectivity index (χ1n) is 8.80. The zero-order valence-electron chi connectivity index (χ0n) is 15.5. The second-order valence-corrected chi connectivity index (χ2v) is 8.62. The SMILES string of the molecule is Cc1ccc(CSCCNC(=O)CSc2nncn2-c2cccc(Cl)c2)cc1. The molecule has 28 heavy (non-hydrogen) atoms. The predicted octanol–water partition coefficient (Wildman–Crippen LogP) is 4.37. The topological polar surface area (TPSA) is 59.8 Å². The van der Waals surface area contributed by atoms with Crippen molar-refractivity contribution in [3.05, 3.63) is 71.0 Å². The number of thioether (sulfide) groups is 2. The molecule has 0 spiro atoms. The number of hydrogen-bond acceptors (Lipinski definition) is 5. The van der Waals surface area contributed by atoms with Crippen LogP contribution >= 0.6 is 35.1 Å². The van der Waals surface area contributed by atoms with Gasteiger partial charge in [-0.25, -0.2) is 0 Å². The number of carbonyl (C=O) groups excluding carboxylic acids is 1. The minimum absolute atomic E-state index is 0.0124. The Labute approximate surface area is 178 Å². The first-order valence-corrected chi connectivity index (χ1v) is 11.3. The van der Waals surface area contributed by atoms with E-state index in [4.69, 9.17) is 11.6 Å². The number of benzene rings is 2. The van der Waals surface area contributed by atoms with Crippen molar-refractivity contribution in [2.75, 3.05) is 18.1 Å². The van der Waals surface area contributed by atoms with E-state index in [-0.39, 0.29) is 5.91 Å². The first-order chi connectivity index (χ1) is 13.6. The molecule has 3 aromatic rings. The summed E-state index contributed by atoms with van der Waals surface area (Å²) in [6.45, 7) is 2.73. The molecule has 146 valence electrons. The summed E-state index contributed by atoms with van der Waals surface area (Å²) >= 11 is 9.21. The van der Waals surface area contributed by atoms with Gasteiger partial charge in [-0.15, -0.1) is 10.2 Å². The molecule has 0 radical (unpaired) electrons. The summed E-state index contributed by atoms with van der Waals surface area (Å²) in [5, 5.41) is 12.3. The maximum absolute atomic E-state index is 12.1. The summed E-state index contributed by atoms with van der Waals surface area (Å²) in [7, 11) is 0. The van der Waals surface area contributed by atoms with Crippen LogP contribution in [0, 0.1) is 6.92 Å². The molecule has 0 atom stereocenters. The molecule has 0 fully saturated rings. The van der Waals surface area contributed by atoms with Crippen molar-refractivity contribution in [2.45, 2.75) is 17.8 Å². The van der Waals surface area contributed by atoms with Crippen LogP contribution < -0.4 is 5.32 Å². The van der Waals surface area contributed by atoms with Gasteiger partial charge in [-0.3, -0.25) is 9.36 Å². The average Bonchev–Trinajstić information content (AvgIpc) is 3.16. The number of aromatic nitrogens is 3. The van der Waals surface area contributed by atoms with Crippen molar-refractivity contribution in [3.8, 4) is 5.69 Å². The lowest BCUT2D eigenvalue weighted by atomic mass is 10.2. The minimum atomic E-state index is -0.0124. The molecule has 0 saturated heterocycles. The zero-order chi connectivity index (χ0) is 19.8. The molecule has 3 rings (SSSR count). The lowest BCUT2D eigenvalue weighted by molar-refractivity contribution is -0.118. The maximum atomic E-state index is 12.1. The van der Waals surface area contributed by atoms with Gasteiger partial charge in [0.2, 0.25) is 5.91 Å². The van der Waals surface area contributed by atoms with Gasteiger partial charge in [-0.05, 0) is 30.7 Å². The van der Waals surface area contributed by atoms with E-state index in [0.717, 1.165) is 17.2 Å². The van der Waals surface area contributed by atoms with Crippen molar-refractivity contribution in [3.63, 3.8) is 0 Å². The van der Waals surface area contributed by atoms with Gasteiger partial charge < -0.3 is 5.32 Å². The Bertz CT molecular complexity index is 915. The van der Waals surface area contributed by atoms with Crippen molar-refractivity contribution in [2.24, 2.45) is 0 Å². The highest BCUT2D eigenvalue weighted by atomic mass is 35.5. The summed E-state index contributed by atoms with van der Waals surface area (Å²) in [5.74, 6) is 2.11. The van der Waals surface area contributed by atoms with E-state index in [1.54, 1.807) is 6.33 Å². The van der Waals surface area contributed by atoms with Gasteiger partial charge >= 0.3 is 0 Å². The number of halogens is 1. The van der Waals surface area contributed by atoms with Gasteiger partial charge in [-0.1, -0.05) is 59.3 Å². The molecule has 0 unspecified atom stereocenters. The van der Waals surface area contributed by atoms with Crippen LogP contribution in [0.2, 0.25) is 5.02 Å². The van der Waals surface area contributed by atoms with E-state index in [9.17, 15) is 4.79 Å². The quantitative estimate of drug-likeness (QED) is 0.402. The largest absolute Gasteiger partial charge is 0.355 e. The number of carbonyl (C=O) groups is 1. The third kappa shape index (κ3) is 6.29. The average molecular weight is 433 g/mol. The number of hydrogen-bond donors (Lipinski definition) is 1. The summed E-state index contributed by atoms with van der Waals surface area (Å²) in [5.41, 5.74) is 3.44. The zero-order valence-corrected chi connectivity index (χ0v) is 17.9. The highest BCUT2D eigenvalue weighted by Gasteiger charge is 2.10. The van der Waals surface area contributed by atoms with Crippen molar-refractivity contribution in [1.29, 1.82) is 0 Å². The Morgan fingerprint density at radius 1 is 1.21 bits per heavy atom. The molecule has 5 nitrogen and oxygen atoms in total. The highest BCUT2D eigenvalue weighted by Crippen LogP contribution is 2.21. The van der Waals surface area contributed by atoms with Gasteiger partial charge in [0.25, 0.3) is 0 Å². The van der Waals surface area contributed by atoms with Gasteiger partial charge in [0.1, 0.15) is 6.33 Å². The van der Waals surface area contributed by atoms with Crippen LogP contribution in [-0.2, 0) is 10.5 Å². The second kappa shape index (κ2) is 10.5. The monoisotopic (exact) mass is 432 g/mol. The molecule has 8 heteroatoms. The summed E-state index contributed by atoms with van der Waals surface area (Å²) in [4.78, 5) is 12.1. The van der Waals surface area contributed by atoms with Gasteiger partial charge in [0.15, 0.2) is 5.16 Å². The summed E-state index contributed by atoms with van der Waals surface area (Å²) in [6.07, 6.45) is 1.62. The lowest BCUT2D eigenvalue weighted by Crippen LogP contribution is -2.27. The van der Waals surface area contributed by atoms with Crippen molar-refractivity contribution in [1.82, 2.24) is 20.1 Å². The van der Waals surface area contributed by atoms with Crippen LogP contribution in [0.25, 0.3) is 5.69 Å². The fraction of sp³-hybridized carbons (Fsp3) is 0.250. The Morgan fingerprint density at radius 2 is 2.04 bits per heavy atom. The smallest absolute Gasteiger partial charge is 0.230 e. The molecular formula is C20H21ClN4OS2. The van der Waals surface area contributed by atoms with Gasteiger partial charge in [0.05, 0.1) is 11.4 Å². The molecule has 1 aromatic heterocycles. The maximum Gasteiger partial charge on any atom is 0.230 e. The Kier molecular flexibility index (Phi) is 7.82. The predicted molar refractivity (Wildman–Crippen MR) is 117 cm³/mol. The van der Waals surface area contributed by atoms with Crippen LogP contribution in [0.15, 0.2) is 60.0 Å². The molecule has 0 saturated carbocycles. The fourth-order valence-electron chi connectivity index (χ4n) is 2.44. The van der Waals surface area contributed by atoms with E-state index < -0.39 is 0 Å². The minimum Gasteiger partial charge on any atom is -0.355 e. The standard InChI is InChI=1S/C20H21ClN4OS2/c1-15-5-7-16(8-6-15)12-27-10-9-22-19(26)13-28-20-24-23-14-25(20)18-4-2-3-17(21)11-18/h2-8,11,14H,9-10,12-13H2,1H3,(H,22,26). The number of rotatable bonds is 9. The van der Waals surface area contributed by atoms with E-state index in [1.807, 2.05) is 40.6 Å².